The van der Waals surface area contributed by atoms with Crippen LogP contribution in [0.4, 0.5) is 5.69 Å². The highest BCUT2D eigenvalue weighted by atomic mass is 16.5. The number of rotatable bonds is 4. The molecule has 12 heavy (non-hydrogen) atoms. The molecule has 66 valence electrons. The first-order chi connectivity index (χ1) is 5.72. The smallest absolute Gasteiger partial charge is 0.271 e. The molecule has 1 aromatic carbocycles. The fraction of sp³-hybridized carbons (Fsp3) is 0.500. The number of ether oxygens (including phenoxy) is 1. The number of nitrogens with one attached hydrogen (secondary N) is 1. The molecule has 0 amide bonds. The van der Waals surface area contributed by atoms with Gasteiger partial charge in [-0.1, -0.05) is 6.92 Å². The standard InChI is InChI=1S/C8H11NO3/c1-3-4-9-5-6(10)7(11)8(5)12-2/h9H,3-4H2,1-2H3. The van der Waals surface area contributed by atoms with Gasteiger partial charge in [-0.2, -0.15) is 0 Å². The number of methoxy groups -OCH3 is 1. The minimum absolute atomic E-state index is 0.161. The van der Waals surface area contributed by atoms with Gasteiger partial charge in [0, 0.05) is 6.54 Å². The van der Waals surface area contributed by atoms with E-state index in [1.54, 1.807) is 0 Å². The Balaban J connectivity index is 2.79. The van der Waals surface area contributed by atoms with Crippen molar-refractivity contribution in [2.24, 2.45) is 0 Å². The molecule has 0 saturated heterocycles. The summed E-state index contributed by atoms with van der Waals surface area (Å²) in [6.07, 6.45) is 0.905. The second-order valence-corrected chi connectivity index (χ2v) is 2.49. The summed E-state index contributed by atoms with van der Waals surface area (Å²) in [5.74, 6) is 0.161. The molecular formula is C8H11NO3. The van der Waals surface area contributed by atoms with Crippen LogP contribution in [-0.4, -0.2) is 13.7 Å². The van der Waals surface area contributed by atoms with E-state index in [2.05, 4.69) is 5.32 Å². The third-order valence-electron chi connectivity index (χ3n) is 1.62. The Kier molecular flexibility index (Phi) is 2.47. The van der Waals surface area contributed by atoms with Crippen molar-refractivity contribution < 1.29 is 4.74 Å². The van der Waals surface area contributed by atoms with E-state index in [1.165, 1.54) is 7.11 Å². The van der Waals surface area contributed by atoms with Gasteiger partial charge >= 0.3 is 0 Å². The van der Waals surface area contributed by atoms with Gasteiger partial charge in [0.1, 0.15) is 5.69 Å². The van der Waals surface area contributed by atoms with Crippen LogP contribution in [0.5, 0.6) is 5.75 Å². The predicted octanol–water partition coefficient (Wildman–Crippen LogP) is 0.113. The van der Waals surface area contributed by atoms with E-state index >= 15 is 0 Å². The van der Waals surface area contributed by atoms with Crippen LogP contribution >= 0.6 is 0 Å². The summed E-state index contributed by atoms with van der Waals surface area (Å²) in [5, 5.41) is 2.83. The van der Waals surface area contributed by atoms with Crippen LogP contribution in [0.2, 0.25) is 0 Å². The summed E-state index contributed by atoms with van der Waals surface area (Å²) in [5.41, 5.74) is -0.680. The van der Waals surface area contributed by atoms with E-state index in [1.807, 2.05) is 6.92 Å². The molecule has 0 aliphatic carbocycles. The van der Waals surface area contributed by atoms with E-state index < -0.39 is 10.9 Å². The molecule has 0 fully saturated rings. The lowest BCUT2D eigenvalue weighted by Gasteiger charge is -2.10. The first-order valence-electron chi connectivity index (χ1n) is 3.83. The summed E-state index contributed by atoms with van der Waals surface area (Å²) in [4.78, 5) is 21.7. The van der Waals surface area contributed by atoms with Gasteiger partial charge in [0.15, 0.2) is 5.75 Å². The minimum Gasteiger partial charge on any atom is -0.491 e. The molecule has 0 aliphatic heterocycles. The Bertz CT molecular complexity index is 336. The van der Waals surface area contributed by atoms with Crippen molar-refractivity contribution in [2.75, 3.05) is 19.0 Å². The van der Waals surface area contributed by atoms with Gasteiger partial charge in [0.2, 0.25) is 0 Å². The zero-order chi connectivity index (χ0) is 9.14. The SMILES string of the molecule is CCCNc1c(OC)c(=O)c1=O. The first-order valence-corrected chi connectivity index (χ1v) is 3.83. The topological polar surface area (TPSA) is 55.4 Å². The molecule has 0 atom stereocenters. The second kappa shape index (κ2) is 3.38. The fourth-order valence-electron chi connectivity index (χ4n) is 0.976. The summed E-state index contributed by atoms with van der Waals surface area (Å²) in [6, 6.07) is 0. The largest absolute Gasteiger partial charge is 0.491 e. The molecule has 1 N–H and O–H groups in total. The van der Waals surface area contributed by atoms with E-state index in [-0.39, 0.29) is 5.75 Å². The fourth-order valence-corrected chi connectivity index (χ4v) is 0.976. The Morgan fingerprint density at radius 1 is 1.33 bits per heavy atom. The molecule has 1 rings (SSSR count). The van der Waals surface area contributed by atoms with Crippen LogP contribution in [0, 0.1) is 0 Å². The molecular weight excluding hydrogens is 158 g/mol. The van der Waals surface area contributed by atoms with Crippen molar-refractivity contribution in [2.45, 2.75) is 13.3 Å². The minimum atomic E-state index is -0.531. The summed E-state index contributed by atoms with van der Waals surface area (Å²) in [7, 11) is 1.38. The van der Waals surface area contributed by atoms with E-state index in [4.69, 9.17) is 4.74 Å². The predicted molar refractivity (Wildman–Crippen MR) is 46.7 cm³/mol. The maximum atomic E-state index is 10.9. The zero-order valence-corrected chi connectivity index (χ0v) is 7.14. The van der Waals surface area contributed by atoms with Crippen molar-refractivity contribution in [3.05, 3.63) is 20.4 Å². The number of anilines is 1. The molecule has 0 spiro atoms. The van der Waals surface area contributed by atoms with Crippen molar-refractivity contribution in [3.8, 4) is 5.75 Å². The van der Waals surface area contributed by atoms with Crippen LogP contribution < -0.4 is 20.9 Å². The maximum absolute atomic E-state index is 10.9. The van der Waals surface area contributed by atoms with Gasteiger partial charge < -0.3 is 10.1 Å². The van der Waals surface area contributed by atoms with Crippen LogP contribution in [0.25, 0.3) is 0 Å². The van der Waals surface area contributed by atoms with Crippen LogP contribution in [0.1, 0.15) is 13.3 Å². The highest BCUT2D eigenvalue weighted by Gasteiger charge is 2.20. The lowest BCUT2D eigenvalue weighted by molar-refractivity contribution is 0.407. The van der Waals surface area contributed by atoms with Crippen LogP contribution in [0.15, 0.2) is 9.59 Å². The van der Waals surface area contributed by atoms with E-state index in [0.29, 0.717) is 12.2 Å². The molecule has 0 radical (unpaired) electrons. The molecule has 0 bridgehead atoms. The molecule has 4 nitrogen and oxygen atoms in total. The highest BCUT2D eigenvalue weighted by Crippen LogP contribution is 2.15. The Morgan fingerprint density at radius 3 is 2.50 bits per heavy atom. The lowest BCUT2D eigenvalue weighted by atomic mass is 10.2. The summed E-state index contributed by atoms with van der Waals surface area (Å²) >= 11 is 0. The van der Waals surface area contributed by atoms with E-state index in [0.717, 1.165) is 6.42 Å². The molecule has 1 aromatic rings. The molecule has 0 heterocycles. The normalized spacial score (nSPS) is 10.2. The molecule has 0 aliphatic rings. The quantitative estimate of drug-likeness (QED) is 0.650. The molecule has 0 aromatic heterocycles. The highest BCUT2D eigenvalue weighted by molar-refractivity contribution is 5.61. The second-order valence-electron chi connectivity index (χ2n) is 2.49. The average molecular weight is 169 g/mol. The zero-order valence-electron chi connectivity index (χ0n) is 7.14. The van der Waals surface area contributed by atoms with Crippen molar-refractivity contribution in [3.63, 3.8) is 0 Å². The van der Waals surface area contributed by atoms with E-state index in [9.17, 15) is 9.59 Å². The average Bonchev–Trinajstić information content (AvgIpc) is 2.10. The van der Waals surface area contributed by atoms with Gasteiger partial charge in [-0.05, 0) is 6.42 Å². The number of hydrogen-bond acceptors (Lipinski definition) is 4. The molecule has 0 saturated carbocycles. The van der Waals surface area contributed by atoms with Gasteiger partial charge in [-0.15, -0.1) is 0 Å². The van der Waals surface area contributed by atoms with Gasteiger partial charge in [0.05, 0.1) is 7.11 Å². The lowest BCUT2D eigenvalue weighted by Crippen LogP contribution is -2.35. The summed E-state index contributed by atoms with van der Waals surface area (Å²) < 4.78 is 4.73. The van der Waals surface area contributed by atoms with Crippen molar-refractivity contribution >= 4 is 5.69 Å². The Labute approximate surface area is 69.9 Å². The third-order valence-corrected chi connectivity index (χ3v) is 1.62. The Morgan fingerprint density at radius 2 is 2.00 bits per heavy atom. The maximum Gasteiger partial charge on any atom is 0.271 e. The van der Waals surface area contributed by atoms with Crippen molar-refractivity contribution in [1.82, 2.24) is 0 Å². The van der Waals surface area contributed by atoms with Crippen LogP contribution in [0.3, 0.4) is 0 Å². The monoisotopic (exact) mass is 169 g/mol. The van der Waals surface area contributed by atoms with Gasteiger partial charge in [0.25, 0.3) is 10.9 Å². The number of hydrogen-bond donors (Lipinski definition) is 1. The first kappa shape index (κ1) is 8.77. The van der Waals surface area contributed by atoms with Crippen LogP contribution in [-0.2, 0) is 0 Å². The molecule has 0 unspecified atom stereocenters. The van der Waals surface area contributed by atoms with Crippen molar-refractivity contribution in [1.29, 1.82) is 0 Å². The Hall–Kier alpha value is -1.32. The summed E-state index contributed by atoms with van der Waals surface area (Å²) in [6.45, 7) is 2.66. The molecule has 4 heteroatoms. The third kappa shape index (κ3) is 1.20. The van der Waals surface area contributed by atoms with Gasteiger partial charge in [-0.25, -0.2) is 0 Å². The van der Waals surface area contributed by atoms with Gasteiger partial charge in [-0.3, -0.25) is 9.59 Å².